The van der Waals surface area contributed by atoms with Crippen LogP contribution in [0.5, 0.6) is 0 Å². The minimum Gasteiger partial charge on any atom is -0.335 e. The second-order valence-electron chi connectivity index (χ2n) is 4.65. The Labute approximate surface area is 132 Å². The minimum atomic E-state index is -0.174. The number of carbonyl (C=O) groups excluding carboxylic acids is 1. The average Bonchev–Trinajstić information content (AvgIpc) is 3.00. The zero-order valence-corrected chi connectivity index (χ0v) is 13.6. The van der Waals surface area contributed by atoms with Crippen LogP contribution in [0.4, 0.5) is 10.5 Å². The predicted molar refractivity (Wildman–Crippen MR) is 90.0 cm³/mol. The number of carbonyl (C=O) groups is 1. The van der Waals surface area contributed by atoms with E-state index in [1.807, 2.05) is 36.6 Å². The zero-order chi connectivity index (χ0) is 15.1. The standard InChI is InChI=1S/C14H18N4OS2/c1-10(7-8-20-2)15-14(19)16-12-5-3-11(4-6-12)13-9-21-18-17-13/h3-6,9-10H,7-8H2,1-2H3,(H2,15,16,19). The molecule has 1 aromatic carbocycles. The number of amides is 2. The molecule has 0 bridgehead atoms. The molecule has 0 aliphatic carbocycles. The van der Waals surface area contributed by atoms with Gasteiger partial charge in [-0.2, -0.15) is 11.8 Å². The summed E-state index contributed by atoms with van der Waals surface area (Å²) in [5, 5.41) is 11.7. The predicted octanol–water partition coefficient (Wildman–Crippen LogP) is 3.47. The van der Waals surface area contributed by atoms with Crippen LogP contribution in [0.1, 0.15) is 13.3 Å². The van der Waals surface area contributed by atoms with Gasteiger partial charge in [0.05, 0.1) is 0 Å². The summed E-state index contributed by atoms with van der Waals surface area (Å²) in [4.78, 5) is 11.8. The first-order chi connectivity index (χ1) is 10.2. The topological polar surface area (TPSA) is 66.9 Å². The molecule has 2 rings (SSSR count). The van der Waals surface area contributed by atoms with Crippen molar-refractivity contribution in [2.75, 3.05) is 17.3 Å². The monoisotopic (exact) mass is 322 g/mol. The molecule has 1 atom stereocenters. The summed E-state index contributed by atoms with van der Waals surface area (Å²) < 4.78 is 3.84. The summed E-state index contributed by atoms with van der Waals surface area (Å²) >= 11 is 3.10. The van der Waals surface area contributed by atoms with Crippen molar-refractivity contribution in [3.05, 3.63) is 29.6 Å². The molecule has 2 aromatic rings. The summed E-state index contributed by atoms with van der Waals surface area (Å²) in [6.07, 6.45) is 3.02. The van der Waals surface area contributed by atoms with Gasteiger partial charge in [0.1, 0.15) is 5.69 Å². The fraction of sp³-hybridized carbons (Fsp3) is 0.357. The van der Waals surface area contributed by atoms with E-state index in [1.165, 1.54) is 11.5 Å². The number of urea groups is 1. The quantitative estimate of drug-likeness (QED) is 0.854. The molecule has 0 radical (unpaired) electrons. The van der Waals surface area contributed by atoms with Crippen molar-refractivity contribution in [3.63, 3.8) is 0 Å². The Morgan fingerprint density at radius 3 is 2.76 bits per heavy atom. The molecule has 0 saturated heterocycles. The van der Waals surface area contributed by atoms with Gasteiger partial charge in [-0.3, -0.25) is 0 Å². The summed E-state index contributed by atoms with van der Waals surface area (Å²) in [6, 6.07) is 7.55. The summed E-state index contributed by atoms with van der Waals surface area (Å²) in [6.45, 7) is 2.01. The first kappa shape index (κ1) is 15.8. The Hall–Kier alpha value is -1.60. The van der Waals surface area contributed by atoms with Gasteiger partial charge in [0, 0.05) is 22.7 Å². The van der Waals surface area contributed by atoms with E-state index in [2.05, 4.69) is 26.5 Å². The number of aromatic nitrogens is 2. The van der Waals surface area contributed by atoms with Crippen molar-refractivity contribution < 1.29 is 4.79 Å². The molecule has 0 spiro atoms. The number of thioether (sulfide) groups is 1. The third-order valence-electron chi connectivity index (χ3n) is 2.93. The molecule has 21 heavy (non-hydrogen) atoms. The van der Waals surface area contributed by atoms with Crippen molar-refractivity contribution in [2.45, 2.75) is 19.4 Å². The summed E-state index contributed by atoms with van der Waals surface area (Å²) in [7, 11) is 0. The van der Waals surface area contributed by atoms with Crippen LogP contribution in [0.25, 0.3) is 11.3 Å². The second-order valence-corrected chi connectivity index (χ2v) is 6.24. The number of hydrogen-bond donors (Lipinski definition) is 2. The maximum Gasteiger partial charge on any atom is 0.319 e. The highest BCUT2D eigenvalue weighted by atomic mass is 32.2. The van der Waals surface area contributed by atoms with Crippen molar-refractivity contribution in [1.82, 2.24) is 14.9 Å². The van der Waals surface area contributed by atoms with Crippen molar-refractivity contribution in [2.24, 2.45) is 0 Å². The maximum atomic E-state index is 11.8. The Bertz CT molecular complexity index is 557. The zero-order valence-electron chi connectivity index (χ0n) is 12.0. The van der Waals surface area contributed by atoms with Gasteiger partial charge in [0.15, 0.2) is 0 Å². The maximum absolute atomic E-state index is 11.8. The smallest absolute Gasteiger partial charge is 0.319 e. The van der Waals surface area contributed by atoms with E-state index in [1.54, 1.807) is 11.8 Å². The van der Waals surface area contributed by atoms with Gasteiger partial charge in [-0.05, 0) is 49.0 Å². The van der Waals surface area contributed by atoms with Crippen LogP contribution in [0, 0.1) is 0 Å². The molecule has 112 valence electrons. The highest BCUT2D eigenvalue weighted by molar-refractivity contribution is 7.98. The normalized spacial score (nSPS) is 11.9. The molecule has 0 aliphatic heterocycles. The van der Waals surface area contributed by atoms with Gasteiger partial charge in [-0.25, -0.2) is 4.79 Å². The number of anilines is 1. The SMILES string of the molecule is CSCCC(C)NC(=O)Nc1ccc(-c2csnn2)cc1. The third-order valence-corrected chi connectivity index (χ3v) is 4.08. The van der Waals surface area contributed by atoms with E-state index < -0.39 is 0 Å². The molecule has 5 nitrogen and oxygen atoms in total. The molecule has 0 saturated carbocycles. The van der Waals surface area contributed by atoms with Gasteiger partial charge in [-0.15, -0.1) is 5.10 Å². The van der Waals surface area contributed by atoms with Gasteiger partial charge in [0.25, 0.3) is 0 Å². The lowest BCUT2D eigenvalue weighted by Crippen LogP contribution is -2.36. The molecule has 1 aromatic heterocycles. The molecule has 1 heterocycles. The van der Waals surface area contributed by atoms with Crippen LogP contribution in [0.15, 0.2) is 29.6 Å². The molecule has 2 amide bonds. The van der Waals surface area contributed by atoms with Gasteiger partial charge < -0.3 is 10.6 Å². The van der Waals surface area contributed by atoms with Crippen molar-refractivity contribution in [1.29, 1.82) is 0 Å². The number of nitrogens with one attached hydrogen (secondary N) is 2. The Kier molecular flexibility index (Phi) is 6.01. The van der Waals surface area contributed by atoms with E-state index in [0.717, 1.165) is 29.1 Å². The molecular weight excluding hydrogens is 304 g/mol. The van der Waals surface area contributed by atoms with Crippen LogP contribution >= 0.6 is 23.3 Å². The van der Waals surface area contributed by atoms with Gasteiger partial charge in [0.2, 0.25) is 0 Å². The molecule has 2 N–H and O–H groups in total. The second kappa shape index (κ2) is 7.99. The third kappa shape index (κ3) is 5.02. The lowest BCUT2D eigenvalue weighted by molar-refractivity contribution is 0.249. The molecule has 1 unspecified atom stereocenters. The molecule has 7 heteroatoms. The Morgan fingerprint density at radius 1 is 1.38 bits per heavy atom. The Balaban J connectivity index is 1.87. The first-order valence-corrected chi connectivity index (χ1v) is 8.86. The van der Waals surface area contributed by atoms with E-state index in [4.69, 9.17) is 0 Å². The number of rotatable bonds is 6. The number of benzene rings is 1. The first-order valence-electron chi connectivity index (χ1n) is 6.63. The highest BCUT2D eigenvalue weighted by Gasteiger charge is 2.07. The average molecular weight is 322 g/mol. The van der Waals surface area contributed by atoms with Gasteiger partial charge >= 0.3 is 6.03 Å². The van der Waals surface area contributed by atoms with E-state index >= 15 is 0 Å². The largest absolute Gasteiger partial charge is 0.335 e. The minimum absolute atomic E-state index is 0.165. The molecule has 0 fully saturated rings. The molecular formula is C14H18N4OS2. The Morgan fingerprint density at radius 2 is 2.14 bits per heavy atom. The summed E-state index contributed by atoms with van der Waals surface area (Å²) in [5.74, 6) is 1.04. The van der Waals surface area contributed by atoms with Crippen LogP contribution < -0.4 is 10.6 Å². The number of nitrogens with zero attached hydrogens (tertiary/aromatic N) is 2. The fourth-order valence-electron chi connectivity index (χ4n) is 1.77. The lowest BCUT2D eigenvalue weighted by Gasteiger charge is -2.14. The summed E-state index contributed by atoms with van der Waals surface area (Å²) in [5.41, 5.74) is 2.60. The van der Waals surface area contributed by atoms with Crippen LogP contribution in [-0.4, -0.2) is 33.7 Å². The number of hydrogen-bond acceptors (Lipinski definition) is 5. The van der Waals surface area contributed by atoms with Gasteiger partial charge in [-0.1, -0.05) is 16.6 Å². The van der Waals surface area contributed by atoms with Crippen LogP contribution in [0.3, 0.4) is 0 Å². The van der Waals surface area contributed by atoms with Crippen molar-refractivity contribution >= 4 is 35.0 Å². The van der Waals surface area contributed by atoms with Crippen LogP contribution in [-0.2, 0) is 0 Å². The molecule has 0 aliphatic rings. The highest BCUT2D eigenvalue weighted by Crippen LogP contribution is 2.19. The van der Waals surface area contributed by atoms with E-state index in [-0.39, 0.29) is 12.1 Å². The lowest BCUT2D eigenvalue weighted by atomic mass is 10.1. The van der Waals surface area contributed by atoms with E-state index in [9.17, 15) is 4.79 Å². The van der Waals surface area contributed by atoms with E-state index in [0.29, 0.717) is 0 Å². The van der Waals surface area contributed by atoms with Crippen molar-refractivity contribution in [3.8, 4) is 11.3 Å². The fourth-order valence-corrected chi connectivity index (χ4v) is 2.83. The van der Waals surface area contributed by atoms with Crippen LogP contribution in [0.2, 0.25) is 0 Å².